The van der Waals surface area contributed by atoms with Gasteiger partial charge in [0, 0.05) is 26.2 Å². The third-order valence-corrected chi connectivity index (χ3v) is 4.33. The molecule has 0 fully saturated rings. The third-order valence-electron chi connectivity index (χ3n) is 3.18. The van der Waals surface area contributed by atoms with E-state index in [0.717, 1.165) is 0 Å². The maximum atomic E-state index is 12.6. The standard InChI is InChI=1S/C18H36N2O3S/c1-13(2)9-19(10-14(3)4)17(21)24(23)18(22)20(11-15(5)6)12-16(7)8/h13-16H,9-12H2,1-8H3. The number of hydrogen-bond donors (Lipinski definition) is 0. The summed E-state index contributed by atoms with van der Waals surface area (Å²) in [5, 5.41) is -1.11. The summed E-state index contributed by atoms with van der Waals surface area (Å²) in [6, 6.07) is 0. The fraction of sp³-hybridized carbons (Fsp3) is 0.889. The molecule has 0 aliphatic carbocycles. The Kier molecular flexibility index (Phi) is 10.6. The summed E-state index contributed by atoms with van der Waals surface area (Å²) in [5.41, 5.74) is 0. The topological polar surface area (TPSA) is 63.7 Å². The molecule has 0 atom stereocenters. The fourth-order valence-electron chi connectivity index (χ4n) is 2.52. The van der Waals surface area contributed by atoms with Crippen molar-refractivity contribution in [3.63, 3.8) is 0 Å². The van der Waals surface area contributed by atoms with Crippen molar-refractivity contribution in [1.82, 2.24) is 9.80 Å². The molecule has 0 bridgehead atoms. The molecular weight excluding hydrogens is 324 g/mol. The van der Waals surface area contributed by atoms with E-state index in [1.165, 1.54) is 0 Å². The van der Waals surface area contributed by atoms with Gasteiger partial charge in [-0.1, -0.05) is 55.4 Å². The summed E-state index contributed by atoms with van der Waals surface area (Å²) >= 11 is -2.16. The van der Waals surface area contributed by atoms with E-state index in [2.05, 4.69) is 0 Å². The van der Waals surface area contributed by atoms with Crippen molar-refractivity contribution in [3.8, 4) is 0 Å². The van der Waals surface area contributed by atoms with Crippen LogP contribution in [-0.2, 0) is 11.2 Å². The summed E-state index contributed by atoms with van der Waals surface area (Å²) in [6.07, 6.45) is 0. The number of carbonyl (C=O) groups excluding carboxylic acids is 2. The molecule has 24 heavy (non-hydrogen) atoms. The van der Waals surface area contributed by atoms with Crippen LogP contribution < -0.4 is 0 Å². The SMILES string of the molecule is CC(C)CN(CC(C)C)C(=O)[S+]([O-])C(=O)N(CC(C)C)CC(C)C. The first-order chi connectivity index (χ1) is 11.0. The highest BCUT2D eigenvalue weighted by atomic mass is 32.2. The van der Waals surface area contributed by atoms with Gasteiger partial charge in [-0.15, -0.1) is 0 Å². The number of carbonyl (C=O) groups is 2. The Morgan fingerprint density at radius 3 is 1.04 bits per heavy atom. The van der Waals surface area contributed by atoms with E-state index >= 15 is 0 Å². The Bertz CT molecular complexity index is 342. The van der Waals surface area contributed by atoms with Gasteiger partial charge in [0.15, 0.2) is 0 Å². The van der Waals surface area contributed by atoms with Gasteiger partial charge in [-0.2, -0.15) is 0 Å². The van der Waals surface area contributed by atoms with Crippen LogP contribution in [0, 0.1) is 23.7 Å². The summed E-state index contributed by atoms with van der Waals surface area (Å²) < 4.78 is 12.6. The van der Waals surface area contributed by atoms with Gasteiger partial charge in [0.2, 0.25) is 0 Å². The predicted molar refractivity (Wildman–Crippen MR) is 101 cm³/mol. The summed E-state index contributed by atoms with van der Waals surface area (Å²) in [7, 11) is 0. The molecule has 0 saturated heterocycles. The molecule has 0 radical (unpaired) electrons. The van der Waals surface area contributed by atoms with Gasteiger partial charge in [-0.3, -0.25) is 9.80 Å². The molecule has 0 aliphatic heterocycles. The van der Waals surface area contributed by atoms with Crippen LogP contribution in [0.4, 0.5) is 9.59 Å². The minimum atomic E-state index is -2.16. The highest BCUT2D eigenvalue weighted by Crippen LogP contribution is 2.15. The fourth-order valence-corrected chi connectivity index (χ4v) is 3.44. The van der Waals surface area contributed by atoms with Crippen LogP contribution in [0.2, 0.25) is 0 Å². The van der Waals surface area contributed by atoms with Crippen LogP contribution in [0.15, 0.2) is 0 Å². The maximum Gasteiger partial charge on any atom is 0.440 e. The zero-order valence-corrected chi connectivity index (χ0v) is 17.5. The van der Waals surface area contributed by atoms with Crippen molar-refractivity contribution >= 4 is 21.7 Å². The molecule has 142 valence electrons. The van der Waals surface area contributed by atoms with E-state index in [4.69, 9.17) is 0 Å². The van der Waals surface area contributed by atoms with Gasteiger partial charge in [0.25, 0.3) is 0 Å². The van der Waals surface area contributed by atoms with Crippen molar-refractivity contribution in [2.75, 3.05) is 26.2 Å². The van der Waals surface area contributed by atoms with Gasteiger partial charge in [-0.05, 0) is 23.7 Å². The van der Waals surface area contributed by atoms with Crippen molar-refractivity contribution in [1.29, 1.82) is 0 Å². The minimum Gasteiger partial charge on any atom is -0.599 e. The highest BCUT2D eigenvalue weighted by molar-refractivity contribution is 8.18. The first-order valence-electron chi connectivity index (χ1n) is 8.95. The monoisotopic (exact) mass is 360 g/mol. The molecule has 0 spiro atoms. The van der Waals surface area contributed by atoms with Crippen molar-refractivity contribution in [2.24, 2.45) is 23.7 Å². The van der Waals surface area contributed by atoms with Gasteiger partial charge in [-0.25, -0.2) is 9.59 Å². The third kappa shape index (κ3) is 8.92. The lowest BCUT2D eigenvalue weighted by Gasteiger charge is -2.28. The van der Waals surface area contributed by atoms with Crippen LogP contribution in [0.1, 0.15) is 55.4 Å². The number of nitrogens with zero attached hydrogens (tertiary/aromatic N) is 2. The van der Waals surface area contributed by atoms with E-state index in [1.54, 1.807) is 9.80 Å². The average molecular weight is 361 g/mol. The van der Waals surface area contributed by atoms with E-state index < -0.39 is 21.7 Å². The van der Waals surface area contributed by atoms with Gasteiger partial charge < -0.3 is 4.55 Å². The van der Waals surface area contributed by atoms with E-state index in [0.29, 0.717) is 26.2 Å². The lowest BCUT2D eigenvalue weighted by atomic mass is 10.1. The molecule has 0 aliphatic rings. The first kappa shape index (κ1) is 23.2. The van der Waals surface area contributed by atoms with Gasteiger partial charge in [0.1, 0.15) is 11.2 Å². The Hall–Kier alpha value is -0.750. The second kappa shape index (κ2) is 11.0. The van der Waals surface area contributed by atoms with Crippen molar-refractivity contribution in [2.45, 2.75) is 55.4 Å². The Morgan fingerprint density at radius 2 is 0.875 bits per heavy atom. The molecule has 0 heterocycles. The lowest BCUT2D eigenvalue weighted by molar-refractivity contribution is 0.198. The highest BCUT2D eigenvalue weighted by Gasteiger charge is 2.38. The Morgan fingerprint density at radius 1 is 0.667 bits per heavy atom. The molecule has 2 amide bonds. The van der Waals surface area contributed by atoms with Crippen LogP contribution in [0.3, 0.4) is 0 Å². The summed E-state index contributed by atoms with van der Waals surface area (Å²) in [4.78, 5) is 28.4. The molecule has 0 aromatic rings. The maximum absolute atomic E-state index is 12.6. The average Bonchev–Trinajstić information content (AvgIpc) is 2.41. The second-order valence-corrected chi connectivity index (χ2v) is 9.42. The normalized spacial score (nSPS) is 11.9. The van der Waals surface area contributed by atoms with Crippen molar-refractivity contribution < 1.29 is 14.1 Å². The number of rotatable bonds is 8. The molecule has 0 unspecified atom stereocenters. The molecular formula is C18H36N2O3S. The summed E-state index contributed by atoms with van der Waals surface area (Å²) in [5.74, 6) is 1.06. The number of amides is 2. The Labute approximate surface area is 151 Å². The largest absolute Gasteiger partial charge is 0.599 e. The first-order valence-corrected chi connectivity index (χ1v) is 10.1. The van der Waals surface area contributed by atoms with E-state index in [1.807, 2.05) is 55.4 Å². The van der Waals surface area contributed by atoms with Crippen LogP contribution in [0.5, 0.6) is 0 Å². The molecule has 0 saturated carbocycles. The minimum absolute atomic E-state index is 0.266. The molecule has 0 aromatic carbocycles. The summed E-state index contributed by atoms with van der Waals surface area (Å²) in [6.45, 7) is 18.1. The van der Waals surface area contributed by atoms with E-state index in [-0.39, 0.29) is 23.7 Å². The predicted octanol–water partition coefficient (Wildman–Crippen LogP) is 4.20. The number of hydrogen-bond acceptors (Lipinski definition) is 3. The van der Waals surface area contributed by atoms with Crippen LogP contribution in [0.25, 0.3) is 0 Å². The molecule has 0 aromatic heterocycles. The Balaban J connectivity index is 5.16. The molecule has 6 heteroatoms. The van der Waals surface area contributed by atoms with Gasteiger partial charge >= 0.3 is 10.5 Å². The zero-order valence-electron chi connectivity index (χ0n) is 16.7. The molecule has 0 N–H and O–H groups in total. The van der Waals surface area contributed by atoms with Gasteiger partial charge in [0.05, 0.1) is 0 Å². The van der Waals surface area contributed by atoms with Crippen molar-refractivity contribution in [3.05, 3.63) is 0 Å². The van der Waals surface area contributed by atoms with Crippen LogP contribution in [-0.4, -0.2) is 51.0 Å². The molecule has 0 rings (SSSR count). The smallest absolute Gasteiger partial charge is 0.440 e. The quantitative estimate of drug-likeness (QED) is 0.609. The van der Waals surface area contributed by atoms with Crippen LogP contribution >= 0.6 is 0 Å². The second-order valence-electron chi connectivity index (χ2n) is 8.19. The zero-order chi connectivity index (χ0) is 19.0. The lowest BCUT2D eigenvalue weighted by Crippen LogP contribution is -2.47. The molecule has 5 nitrogen and oxygen atoms in total. The van der Waals surface area contributed by atoms with E-state index in [9.17, 15) is 14.1 Å².